The Morgan fingerprint density at radius 2 is 1.97 bits per heavy atom. The van der Waals surface area contributed by atoms with Crippen LogP contribution < -0.4 is 5.32 Å². The van der Waals surface area contributed by atoms with Crippen LogP contribution in [0.1, 0.15) is 18.4 Å². The van der Waals surface area contributed by atoms with Gasteiger partial charge in [0.05, 0.1) is 11.7 Å². The molecule has 2 aliphatic rings. The number of pyridine rings is 1. The van der Waals surface area contributed by atoms with E-state index in [1.807, 2.05) is 19.2 Å². The average Bonchev–Trinajstić information content (AvgIpc) is 3.34. The molecule has 30 heavy (non-hydrogen) atoms. The molecule has 2 fully saturated rings. The van der Waals surface area contributed by atoms with Crippen LogP contribution in [0.25, 0.3) is 11.4 Å². The van der Waals surface area contributed by atoms with Crippen LogP contribution in [0.5, 0.6) is 0 Å². The number of aromatic nitrogens is 3. The zero-order chi connectivity index (χ0) is 20.7. The van der Waals surface area contributed by atoms with Crippen molar-refractivity contribution in [1.82, 2.24) is 24.9 Å². The molecule has 8 nitrogen and oxygen atoms in total. The molecule has 0 bridgehead atoms. The Morgan fingerprint density at radius 3 is 2.73 bits per heavy atom. The van der Waals surface area contributed by atoms with E-state index in [0.717, 1.165) is 18.5 Å². The number of likely N-dealkylation sites (tertiary alicyclic amines) is 2. The number of halogens is 1. The van der Waals surface area contributed by atoms with E-state index in [1.165, 1.54) is 6.07 Å². The Morgan fingerprint density at radius 1 is 1.20 bits per heavy atom. The summed E-state index contributed by atoms with van der Waals surface area (Å²) in [6.45, 7) is 2.05. The molecular formula is C21H21FN6O2. The summed E-state index contributed by atoms with van der Waals surface area (Å²) in [4.78, 5) is 24.9. The lowest BCUT2D eigenvalue weighted by Gasteiger charge is -2.47. The summed E-state index contributed by atoms with van der Waals surface area (Å²) in [7, 11) is 2.03. The summed E-state index contributed by atoms with van der Waals surface area (Å²) in [5.74, 6) is 0.680. The van der Waals surface area contributed by atoms with Crippen LogP contribution in [0.4, 0.5) is 14.9 Å². The zero-order valence-corrected chi connectivity index (χ0v) is 16.5. The van der Waals surface area contributed by atoms with E-state index >= 15 is 0 Å². The molecule has 1 spiro atoms. The van der Waals surface area contributed by atoms with E-state index in [1.54, 1.807) is 35.5 Å². The lowest BCUT2D eigenvalue weighted by molar-refractivity contribution is 0.0460. The summed E-state index contributed by atoms with van der Waals surface area (Å²) >= 11 is 0. The molecule has 154 valence electrons. The van der Waals surface area contributed by atoms with E-state index in [-0.39, 0.29) is 23.2 Å². The van der Waals surface area contributed by atoms with Crippen molar-refractivity contribution in [1.29, 1.82) is 0 Å². The Labute approximate surface area is 172 Å². The Kier molecular flexibility index (Phi) is 4.47. The number of hydrogen-bond donors (Lipinski definition) is 1. The van der Waals surface area contributed by atoms with Gasteiger partial charge in [-0.05, 0) is 37.7 Å². The van der Waals surface area contributed by atoms with Crippen molar-refractivity contribution in [2.75, 3.05) is 32.0 Å². The van der Waals surface area contributed by atoms with Gasteiger partial charge >= 0.3 is 6.03 Å². The lowest BCUT2D eigenvalue weighted by atomic mass is 9.78. The molecule has 9 heteroatoms. The molecular weight excluding hydrogens is 387 g/mol. The molecule has 2 aromatic heterocycles. The number of nitrogens with one attached hydrogen (secondary N) is 1. The quantitative estimate of drug-likeness (QED) is 0.716. The maximum atomic E-state index is 13.8. The van der Waals surface area contributed by atoms with Gasteiger partial charge in [0.15, 0.2) is 0 Å². The highest BCUT2D eigenvalue weighted by atomic mass is 19.1. The fourth-order valence-corrected chi connectivity index (χ4v) is 4.43. The maximum Gasteiger partial charge on any atom is 0.321 e. The van der Waals surface area contributed by atoms with Crippen molar-refractivity contribution < 1.29 is 13.7 Å². The average molecular weight is 408 g/mol. The van der Waals surface area contributed by atoms with Crippen molar-refractivity contribution in [2.24, 2.45) is 5.41 Å². The van der Waals surface area contributed by atoms with Crippen molar-refractivity contribution in [3.8, 4) is 11.4 Å². The summed E-state index contributed by atoms with van der Waals surface area (Å²) in [5.41, 5.74) is 1.03. The van der Waals surface area contributed by atoms with Crippen LogP contribution in [0, 0.1) is 11.2 Å². The summed E-state index contributed by atoms with van der Waals surface area (Å²) < 4.78 is 19.3. The predicted octanol–water partition coefficient (Wildman–Crippen LogP) is 3.18. The lowest BCUT2D eigenvalue weighted by Crippen LogP contribution is -2.60. The number of anilines is 1. The van der Waals surface area contributed by atoms with Crippen LogP contribution in [-0.2, 0) is 0 Å². The van der Waals surface area contributed by atoms with Gasteiger partial charge in [0.1, 0.15) is 5.82 Å². The molecule has 1 aromatic carbocycles. The van der Waals surface area contributed by atoms with E-state index in [2.05, 4.69) is 25.3 Å². The van der Waals surface area contributed by atoms with E-state index in [4.69, 9.17) is 4.52 Å². The highest BCUT2D eigenvalue weighted by Crippen LogP contribution is 2.47. The molecule has 1 atom stereocenters. The molecule has 1 N–H and O–H groups in total. The smallest absolute Gasteiger partial charge is 0.321 e. The fraction of sp³-hybridized carbons (Fsp3) is 0.333. The molecule has 2 saturated heterocycles. The molecule has 0 radical (unpaired) electrons. The number of carbonyl (C=O) groups excluding carboxylic acids is 1. The topological polar surface area (TPSA) is 87.4 Å². The van der Waals surface area contributed by atoms with Crippen molar-refractivity contribution in [3.05, 3.63) is 60.5 Å². The van der Waals surface area contributed by atoms with Gasteiger partial charge in [-0.15, -0.1) is 0 Å². The fourth-order valence-electron chi connectivity index (χ4n) is 4.43. The van der Waals surface area contributed by atoms with E-state index in [0.29, 0.717) is 24.8 Å². The van der Waals surface area contributed by atoms with Crippen LogP contribution >= 0.6 is 0 Å². The van der Waals surface area contributed by atoms with Crippen LogP contribution in [0.15, 0.2) is 53.3 Å². The predicted molar refractivity (Wildman–Crippen MR) is 107 cm³/mol. The van der Waals surface area contributed by atoms with E-state index < -0.39 is 5.82 Å². The Hall–Kier alpha value is -3.33. The van der Waals surface area contributed by atoms with Gasteiger partial charge in [-0.3, -0.25) is 9.88 Å². The third-order valence-corrected chi connectivity index (χ3v) is 5.86. The summed E-state index contributed by atoms with van der Waals surface area (Å²) in [6.07, 6.45) is 4.21. The maximum absolute atomic E-state index is 13.8. The number of urea groups is 1. The standard InChI is InChI=1S/C21H21FN6O2/c1-27-11-21(12-28(13-21)20(29)24-16-5-3-2-4-15(16)22)10-17(27)19-25-18(26-30-19)14-6-8-23-9-7-14/h2-9,17H,10-13H2,1H3,(H,24,29). The number of nitrogens with zero attached hydrogens (tertiary/aromatic N) is 5. The first-order valence-corrected chi connectivity index (χ1v) is 9.78. The number of amides is 2. The highest BCUT2D eigenvalue weighted by molar-refractivity contribution is 5.90. The Bertz CT molecular complexity index is 1070. The van der Waals surface area contributed by atoms with Crippen molar-refractivity contribution in [3.63, 3.8) is 0 Å². The molecule has 0 saturated carbocycles. The second kappa shape index (κ2) is 7.17. The molecule has 2 amide bonds. The monoisotopic (exact) mass is 408 g/mol. The second-order valence-electron chi connectivity index (χ2n) is 8.09. The molecule has 2 aliphatic heterocycles. The molecule has 1 unspecified atom stereocenters. The normalized spacial score (nSPS) is 20.3. The SMILES string of the molecule is CN1CC2(CC1c1nc(-c3ccncc3)no1)CN(C(=O)Nc1ccccc1F)C2. The largest absolute Gasteiger partial charge is 0.337 e. The first kappa shape index (κ1) is 18.7. The zero-order valence-electron chi connectivity index (χ0n) is 16.5. The molecule has 4 heterocycles. The van der Waals surface area contributed by atoms with Gasteiger partial charge in [0.25, 0.3) is 0 Å². The van der Waals surface area contributed by atoms with Gasteiger partial charge in [-0.2, -0.15) is 4.98 Å². The number of benzene rings is 1. The number of hydrogen-bond acceptors (Lipinski definition) is 6. The van der Waals surface area contributed by atoms with Gasteiger partial charge < -0.3 is 14.7 Å². The molecule has 3 aromatic rings. The van der Waals surface area contributed by atoms with Gasteiger partial charge in [0.2, 0.25) is 11.7 Å². The minimum Gasteiger partial charge on any atom is -0.337 e. The van der Waals surface area contributed by atoms with Crippen molar-refractivity contribution >= 4 is 11.7 Å². The number of rotatable bonds is 3. The second-order valence-corrected chi connectivity index (χ2v) is 8.09. The number of para-hydroxylation sites is 1. The third kappa shape index (κ3) is 3.30. The minimum atomic E-state index is -0.442. The van der Waals surface area contributed by atoms with Crippen LogP contribution in [0.2, 0.25) is 0 Å². The van der Waals surface area contributed by atoms with E-state index in [9.17, 15) is 9.18 Å². The first-order valence-electron chi connectivity index (χ1n) is 9.78. The van der Waals surface area contributed by atoms with Crippen molar-refractivity contribution in [2.45, 2.75) is 12.5 Å². The highest BCUT2D eigenvalue weighted by Gasteiger charge is 2.53. The first-order chi connectivity index (χ1) is 14.5. The van der Waals surface area contributed by atoms with Crippen LogP contribution in [0.3, 0.4) is 0 Å². The molecule has 5 rings (SSSR count). The Balaban J connectivity index is 1.23. The molecule has 0 aliphatic carbocycles. The van der Waals surface area contributed by atoms with Gasteiger partial charge in [-0.1, -0.05) is 17.3 Å². The number of carbonyl (C=O) groups is 1. The van der Waals surface area contributed by atoms with Gasteiger partial charge in [0, 0.05) is 43.0 Å². The van der Waals surface area contributed by atoms with Gasteiger partial charge in [-0.25, -0.2) is 9.18 Å². The summed E-state index contributed by atoms with van der Waals surface area (Å²) in [6, 6.07) is 9.57. The third-order valence-electron chi connectivity index (χ3n) is 5.86. The van der Waals surface area contributed by atoms with Crippen LogP contribution in [-0.4, -0.2) is 57.6 Å². The summed E-state index contributed by atoms with van der Waals surface area (Å²) in [5, 5.41) is 6.75. The minimum absolute atomic E-state index is 0.00451.